The zero-order valence-electron chi connectivity index (χ0n) is 10.8. The van der Waals surface area contributed by atoms with Crippen LogP contribution in [0.1, 0.15) is 36.0 Å². The van der Waals surface area contributed by atoms with Crippen molar-refractivity contribution in [3.63, 3.8) is 0 Å². The molecule has 1 saturated carbocycles. The molecule has 104 valence electrons. The number of likely N-dealkylation sites (N-methyl/N-ethyl adjacent to an activating group) is 1. The molecule has 1 aliphatic carbocycles. The number of aliphatic hydroxyl groups is 1. The van der Waals surface area contributed by atoms with Crippen LogP contribution in [0.4, 0.5) is 4.39 Å². The first-order chi connectivity index (χ1) is 8.91. The van der Waals surface area contributed by atoms with Crippen LogP contribution < -0.4 is 0 Å². The molecule has 0 radical (unpaired) electrons. The molecule has 0 atom stereocenters. The van der Waals surface area contributed by atoms with Gasteiger partial charge in [0, 0.05) is 18.1 Å². The summed E-state index contributed by atoms with van der Waals surface area (Å²) in [5, 5.41) is 10.3. The number of benzene rings is 1. The molecular weight excluding hydrogens is 313 g/mol. The molecule has 1 N–H and O–H groups in total. The van der Waals surface area contributed by atoms with E-state index in [-0.39, 0.29) is 12.1 Å². The summed E-state index contributed by atoms with van der Waals surface area (Å²) in [6.07, 6.45) is 3.36. The summed E-state index contributed by atoms with van der Waals surface area (Å²) < 4.78 is 14.3. The maximum atomic E-state index is 13.7. The Labute approximate surface area is 120 Å². The maximum Gasteiger partial charge on any atom is 0.256 e. The number of amides is 1. The fraction of sp³-hybridized carbons (Fsp3) is 0.500. The van der Waals surface area contributed by atoms with Gasteiger partial charge in [-0.1, -0.05) is 28.8 Å². The van der Waals surface area contributed by atoms with E-state index in [1.54, 1.807) is 13.1 Å². The van der Waals surface area contributed by atoms with Crippen molar-refractivity contribution in [3.8, 4) is 0 Å². The Morgan fingerprint density at radius 1 is 1.47 bits per heavy atom. The highest BCUT2D eigenvalue weighted by atomic mass is 79.9. The van der Waals surface area contributed by atoms with Crippen molar-refractivity contribution in [1.82, 2.24) is 4.90 Å². The van der Waals surface area contributed by atoms with Crippen LogP contribution in [0.5, 0.6) is 0 Å². The van der Waals surface area contributed by atoms with Crippen LogP contribution in [0, 0.1) is 5.82 Å². The lowest BCUT2D eigenvalue weighted by molar-refractivity contribution is 0.0155. The normalized spacial score (nSPS) is 17.5. The van der Waals surface area contributed by atoms with Crippen molar-refractivity contribution in [2.45, 2.75) is 31.3 Å². The van der Waals surface area contributed by atoms with Crippen molar-refractivity contribution >= 4 is 21.8 Å². The van der Waals surface area contributed by atoms with E-state index in [2.05, 4.69) is 15.9 Å². The van der Waals surface area contributed by atoms with Gasteiger partial charge in [0.2, 0.25) is 0 Å². The highest BCUT2D eigenvalue weighted by molar-refractivity contribution is 9.10. The van der Waals surface area contributed by atoms with Crippen LogP contribution in [-0.4, -0.2) is 35.1 Å². The molecule has 0 heterocycles. The molecular formula is C14H17BrFNO2. The fourth-order valence-corrected chi connectivity index (χ4v) is 2.91. The Bertz CT molecular complexity index is 486. The lowest BCUT2D eigenvalue weighted by atomic mass is 10.0. The summed E-state index contributed by atoms with van der Waals surface area (Å²) >= 11 is 3.16. The van der Waals surface area contributed by atoms with E-state index in [0.717, 1.165) is 12.8 Å². The summed E-state index contributed by atoms with van der Waals surface area (Å²) in [6.45, 7) is 0.251. The predicted molar refractivity (Wildman–Crippen MR) is 74.5 cm³/mol. The number of carbonyl (C=O) groups is 1. The summed E-state index contributed by atoms with van der Waals surface area (Å²) in [5.74, 6) is -0.949. The summed E-state index contributed by atoms with van der Waals surface area (Å²) in [7, 11) is 1.60. The molecule has 0 unspecified atom stereocenters. The van der Waals surface area contributed by atoms with Crippen LogP contribution >= 0.6 is 15.9 Å². The molecule has 0 aromatic heterocycles. The van der Waals surface area contributed by atoms with Crippen molar-refractivity contribution in [2.75, 3.05) is 13.6 Å². The Balaban J connectivity index is 2.10. The molecule has 0 spiro atoms. The first-order valence-electron chi connectivity index (χ1n) is 6.34. The van der Waals surface area contributed by atoms with E-state index in [1.807, 2.05) is 0 Å². The topological polar surface area (TPSA) is 40.5 Å². The molecule has 1 aromatic rings. The maximum absolute atomic E-state index is 13.7. The molecule has 2 rings (SSSR count). The van der Waals surface area contributed by atoms with Gasteiger partial charge in [0.1, 0.15) is 5.82 Å². The van der Waals surface area contributed by atoms with Crippen LogP contribution in [-0.2, 0) is 0 Å². The monoisotopic (exact) mass is 329 g/mol. The number of rotatable bonds is 3. The van der Waals surface area contributed by atoms with Crippen LogP contribution in [0.15, 0.2) is 22.7 Å². The van der Waals surface area contributed by atoms with E-state index in [4.69, 9.17) is 0 Å². The Morgan fingerprint density at radius 2 is 2.11 bits per heavy atom. The van der Waals surface area contributed by atoms with E-state index in [0.29, 0.717) is 17.3 Å². The Morgan fingerprint density at radius 3 is 2.68 bits per heavy atom. The van der Waals surface area contributed by atoms with Gasteiger partial charge in [-0.15, -0.1) is 0 Å². The van der Waals surface area contributed by atoms with Gasteiger partial charge in [-0.3, -0.25) is 4.79 Å². The third-order valence-electron chi connectivity index (χ3n) is 3.57. The van der Waals surface area contributed by atoms with Crippen molar-refractivity contribution < 1.29 is 14.3 Å². The minimum absolute atomic E-state index is 0.0345. The fourth-order valence-electron chi connectivity index (χ4n) is 2.57. The highest BCUT2D eigenvalue weighted by Gasteiger charge is 2.33. The molecule has 0 bridgehead atoms. The second-order valence-corrected chi connectivity index (χ2v) is 6.13. The van der Waals surface area contributed by atoms with Gasteiger partial charge >= 0.3 is 0 Å². The van der Waals surface area contributed by atoms with Gasteiger partial charge in [0.15, 0.2) is 0 Å². The smallest absolute Gasteiger partial charge is 0.256 e. The van der Waals surface area contributed by atoms with Gasteiger partial charge in [0.25, 0.3) is 5.91 Å². The number of nitrogens with zero attached hydrogens (tertiary/aromatic N) is 1. The van der Waals surface area contributed by atoms with E-state index in [1.165, 1.54) is 17.0 Å². The predicted octanol–water partition coefficient (Wildman–Crippen LogP) is 2.97. The van der Waals surface area contributed by atoms with Crippen molar-refractivity contribution in [3.05, 3.63) is 34.1 Å². The third kappa shape index (κ3) is 3.34. The average Bonchev–Trinajstić information content (AvgIpc) is 2.75. The molecule has 19 heavy (non-hydrogen) atoms. The molecule has 5 heteroatoms. The number of halogens is 2. The third-order valence-corrected chi connectivity index (χ3v) is 4.07. The first kappa shape index (κ1) is 14.5. The highest BCUT2D eigenvalue weighted by Crippen LogP contribution is 2.30. The van der Waals surface area contributed by atoms with Crippen LogP contribution in [0.3, 0.4) is 0 Å². The molecule has 3 nitrogen and oxygen atoms in total. The Kier molecular flexibility index (Phi) is 4.26. The molecule has 1 aromatic carbocycles. The summed E-state index contributed by atoms with van der Waals surface area (Å²) in [5.41, 5.74) is -0.775. The minimum Gasteiger partial charge on any atom is -0.388 e. The first-order valence-corrected chi connectivity index (χ1v) is 7.13. The SMILES string of the molecule is CN(CC1(O)CCCC1)C(=O)c1ccc(Br)cc1F. The van der Waals surface area contributed by atoms with E-state index < -0.39 is 17.3 Å². The molecule has 0 saturated heterocycles. The standard InChI is InChI=1S/C14H17BrFNO2/c1-17(9-14(19)6-2-3-7-14)13(18)11-5-4-10(15)8-12(11)16/h4-5,8,19H,2-3,6-7,9H2,1H3. The van der Waals surface area contributed by atoms with Gasteiger partial charge in [-0.25, -0.2) is 4.39 Å². The zero-order chi connectivity index (χ0) is 14.0. The largest absolute Gasteiger partial charge is 0.388 e. The second kappa shape index (κ2) is 5.59. The second-order valence-electron chi connectivity index (χ2n) is 5.22. The van der Waals surface area contributed by atoms with Crippen molar-refractivity contribution in [1.29, 1.82) is 0 Å². The van der Waals surface area contributed by atoms with E-state index in [9.17, 15) is 14.3 Å². The van der Waals surface area contributed by atoms with Crippen molar-refractivity contribution in [2.24, 2.45) is 0 Å². The van der Waals surface area contributed by atoms with Crippen LogP contribution in [0.25, 0.3) is 0 Å². The number of hydrogen-bond donors (Lipinski definition) is 1. The number of hydrogen-bond acceptors (Lipinski definition) is 2. The number of carbonyl (C=O) groups excluding carboxylic acids is 1. The lowest BCUT2D eigenvalue weighted by Gasteiger charge is -2.28. The lowest BCUT2D eigenvalue weighted by Crippen LogP contribution is -2.42. The molecule has 1 aliphatic rings. The average molecular weight is 330 g/mol. The Hall–Kier alpha value is -0.940. The summed E-state index contributed by atoms with van der Waals surface area (Å²) in [4.78, 5) is 13.6. The zero-order valence-corrected chi connectivity index (χ0v) is 12.4. The minimum atomic E-state index is -0.809. The van der Waals surface area contributed by atoms with Gasteiger partial charge in [-0.05, 0) is 31.0 Å². The molecule has 1 amide bonds. The van der Waals surface area contributed by atoms with Gasteiger partial charge in [0.05, 0.1) is 11.2 Å². The van der Waals surface area contributed by atoms with E-state index >= 15 is 0 Å². The van der Waals surface area contributed by atoms with Gasteiger partial charge in [-0.2, -0.15) is 0 Å². The van der Waals surface area contributed by atoms with Crippen LogP contribution in [0.2, 0.25) is 0 Å². The molecule has 1 fully saturated rings. The molecule has 0 aliphatic heterocycles. The quantitative estimate of drug-likeness (QED) is 0.926. The van der Waals surface area contributed by atoms with Gasteiger partial charge < -0.3 is 10.0 Å². The summed E-state index contributed by atoms with van der Waals surface area (Å²) in [6, 6.07) is 4.36.